The third-order valence-electron chi connectivity index (χ3n) is 9.48. The van der Waals surface area contributed by atoms with E-state index in [0.29, 0.717) is 21.8 Å². The van der Waals surface area contributed by atoms with Gasteiger partial charge >= 0.3 is 5.97 Å². The number of nitrogens with zero attached hydrogens (tertiary/aromatic N) is 1. The summed E-state index contributed by atoms with van der Waals surface area (Å²) in [6.45, 7) is 0.149. The summed E-state index contributed by atoms with van der Waals surface area (Å²) in [6, 6.07) is 56.5. The number of benzene rings is 7. The Kier molecular flexibility index (Phi) is 11.3. The second-order valence-corrected chi connectivity index (χ2v) is 13.6. The quantitative estimate of drug-likeness (QED) is 0.131. The highest BCUT2D eigenvalue weighted by atomic mass is 35.5. The van der Waals surface area contributed by atoms with Crippen LogP contribution < -0.4 is 10.2 Å². The molecule has 0 spiro atoms. The van der Waals surface area contributed by atoms with Crippen LogP contribution in [0, 0.1) is 0 Å². The van der Waals surface area contributed by atoms with Crippen LogP contribution >= 0.6 is 11.6 Å². The van der Waals surface area contributed by atoms with Gasteiger partial charge < -0.3 is 15.3 Å². The largest absolute Gasteiger partial charge is 0.481 e. The highest BCUT2D eigenvalue weighted by Crippen LogP contribution is 2.31. The molecule has 2 N–H and O–H groups in total. The first-order valence-electron chi connectivity index (χ1n) is 17.9. The van der Waals surface area contributed by atoms with E-state index in [0.717, 1.165) is 38.9 Å². The first-order valence-corrected chi connectivity index (χ1v) is 18.3. The van der Waals surface area contributed by atoms with E-state index in [4.69, 9.17) is 11.6 Å². The summed E-state index contributed by atoms with van der Waals surface area (Å²) in [4.78, 5) is 42.5. The molecular formula is C48H37ClN2O4. The molecule has 7 rings (SSSR count). The van der Waals surface area contributed by atoms with Crippen LogP contribution in [0.2, 0.25) is 5.02 Å². The normalized spacial score (nSPS) is 11.4. The molecule has 0 aromatic heterocycles. The van der Waals surface area contributed by atoms with Crippen molar-refractivity contribution in [1.29, 1.82) is 0 Å². The predicted molar refractivity (Wildman–Crippen MR) is 220 cm³/mol. The molecule has 7 heteroatoms. The van der Waals surface area contributed by atoms with Gasteiger partial charge in [-0.15, -0.1) is 0 Å². The van der Waals surface area contributed by atoms with Crippen molar-refractivity contribution < 1.29 is 19.5 Å². The third kappa shape index (κ3) is 8.90. The molecule has 270 valence electrons. The van der Waals surface area contributed by atoms with Gasteiger partial charge in [-0.1, -0.05) is 163 Å². The minimum Gasteiger partial charge on any atom is -0.481 e. The Bertz CT molecular complexity index is 2400. The Morgan fingerprint density at radius 1 is 0.564 bits per heavy atom. The smallest absolute Gasteiger partial charge is 0.305 e. The maximum absolute atomic E-state index is 14.6. The fourth-order valence-electron chi connectivity index (χ4n) is 6.60. The molecule has 0 aliphatic rings. The molecule has 0 radical (unpaired) electrons. The van der Waals surface area contributed by atoms with Crippen molar-refractivity contribution >= 4 is 35.1 Å². The van der Waals surface area contributed by atoms with Crippen molar-refractivity contribution in [3.05, 3.63) is 209 Å². The molecule has 7 aromatic rings. The number of carbonyl (C=O) groups is 3. The zero-order valence-electron chi connectivity index (χ0n) is 29.8. The van der Waals surface area contributed by atoms with E-state index < -0.39 is 17.9 Å². The van der Waals surface area contributed by atoms with Gasteiger partial charge in [0.1, 0.15) is 0 Å². The number of carbonyl (C=O) groups excluding carboxylic acids is 2. The fraction of sp³-hybridized carbons (Fsp3) is 0.0625. The maximum Gasteiger partial charge on any atom is 0.305 e. The summed E-state index contributed by atoms with van der Waals surface area (Å²) in [6.07, 6.45) is -0.351. The number of aliphatic carboxylic acids is 1. The van der Waals surface area contributed by atoms with E-state index in [1.54, 1.807) is 29.2 Å². The summed E-state index contributed by atoms with van der Waals surface area (Å²) in [7, 11) is 0. The van der Waals surface area contributed by atoms with E-state index in [1.165, 1.54) is 6.07 Å². The summed E-state index contributed by atoms with van der Waals surface area (Å²) >= 11 is 6.51. The average Bonchev–Trinajstić information content (AvgIpc) is 3.23. The van der Waals surface area contributed by atoms with Crippen LogP contribution in [0.25, 0.3) is 33.4 Å². The molecule has 0 aliphatic heterocycles. The number of carboxylic acids is 1. The second-order valence-electron chi connectivity index (χ2n) is 13.2. The lowest BCUT2D eigenvalue weighted by Crippen LogP contribution is -2.35. The van der Waals surface area contributed by atoms with Crippen LogP contribution in [0.1, 0.15) is 44.3 Å². The van der Waals surface area contributed by atoms with Crippen molar-refractivity contribution in [2.75, 3.05) is 4.90 Å². The van der Waals surface area contributed by atoms with Crippen LogP contribution in [0.3, 0.4) is 0 Å². The summed E-state index contributed by atoms with van der Waals surface area (Å²) in [5, 5.41) is 13.1. The molecule has 55 heavy (non-hydrogen) atoms. The average molecular weight is 741 g/mol. The predicted octanol–water partition coefficient (Wildman–Crippen LogP) is 11.1. The van der Waals surface area contributed by atoms with E-state index in [1.807, 2.05) is 152 Å². The van der Waals surface area contributed by atoms with Crippen LogP contribution in [0.15, 0.2) is 182 Å². The van der Waals surface area contributed by atoms with Crippen molar-refractivity contribution in [3.63, 3.8) is 0 Å². The number of hydrogen-bond acceptors (Lipinski definition) is 3. The van der Waals surface area contributed by atoms with Crippen LogP contribution in [-0.2, 0) is 11.3 Å². The van der Waals surface area contributed by atoms with Gasteiger partial charge in [0, 0.05) is 10.6 Å². The Balaban J connectivity index is 1.23. The molecule has 0 saturated heterocycles. The number of amides is 2. The molecular weight excluding hydrogens is 704 g/mol. The first-order chi connectivity index (χ1) is 26.8. The fourth-order valence-corrected chi connectivity index (χ4v) is 6.77. The van der Waals surface area contributed by atoms with Gasteiger partial charge in [-0.05, 0) is 74.8 Å². The molecule has 0 bridgehead atoms. The molecule has 7 aromatic carbocycles. The van der Waals surface area contributed by atoms with Gasteiger partial charge in [0.2, 0.25) is 0 Å². The summed E-state index contributed by atoms with van der Waals surface area (Å²) in [5.41, 5.74) is 8.46. The van der Waals surface area contributed by atoms with E-state index in [-0.39, 0.29) is 24.4 Å². The first kappa shape index (κ1) is 36.6. The molecule has 0 aliphatic carbocycles. The minimum atomic E-state index is -1.07. The van der Waals surface area contributed by atoms with Crippen LogP contribution in [0.5, 0.6) is 0 Å². The molecule has 0 saturated carbocycles. The van der Waals surface area contributed by atoms with Crippen LogP contribution in [-0.4, -0.2) is 22.9 Å². The molecule has 0 fully saturated rings. The number of halogens is 1. The van der Waals surface area contributed by atoms with Gasteiger partial charge in [0.15, 0.2) is 0 Å². The molecule has 1 atom stereocenters. The number of rotatable bonds is 12. The number of anilines is 1. The van der Waals surface area contributed by atoms with E-state index >= 15 is 0 Å². The highest BCUT2D eigenvalue weighted by molar-refractivity contribution is 6.31. The molecule has 1 unspecified atom stereocenters. The maximum atomic E-state index is 14.6. The van der Waals surface area contributed by atoms with Crippen molar-refractivity contribution in [2.45, 2.75) is 19.0 Å². The third-order valence-corrected chi connectivity index (χ3v) is 9.72. The van der Waals surface area contributed by atoms with E-state index in [9.17, 15) is 19.5 Å². The molecule has 2 amide bonds. The van der Waals surface area contributed by atoms with Crippen LogP contribution in [0.4, 0.5) is 5.69 Å². The molecule has 6 nitrogen and oxygen atoms in total. The lowest BCUT2D eigenvalue weighted by molar-refractivity contribution is -0.137. The van der Waals surface area contributed by atoms with Gasteiger partial charge in [0.25, 0.3) is 11.8 Å². The lowest BCUT2D eigenvalue weighted by atomic mass is 9.98. The van der Waals surface area contributed by atoms with Crippen molar-refractivity contribution in [1.82, 2.24) is 5.32 Å². The number of hydrogen-bond donors (Lipinski definition) is 2. The summed E-state index contributed by atoms with van der Waals surface area (Å²) < 4.78 is 0. The zero-order chi connectivity index (χ0) is 38.1. The minimum absolute atomic E-state index is 0.138. The Hall–Kier alpha value is -6.76. The Labute approximate surface area is 325 Å². The van der Waals surface area contributed by atoms with Gasteiger partial charge in [-0.25, -0.2) is 0 Å². The molecule has 0 heterocycles. The number of nitrogens with one attached hydrogen (secondary N) is 1. The number of carboxylic acid groups (broad SMARTS) is 1. The SMILES string of the molecule is O=C(O)CC(NC(=O)c1cc(Cl)ccc1N(Cc1ccc(-c2ccccc2)cc1)C(=O)c1ccc(-c2ccccc2)cc1)c1ccc(-c2ccccc2)cc1. The zero-order valence-corrected chi connectivity index (χ0v) is 30.6. The summed E-state index contributed by atoms with van der Waals surface area (Å²) in [5.74, 6) is -1.95. The topological polar surface area (TPSA) is 86.7 Å². The lowest BCUT2D eigenvalue weighted by Gasteiger charge is -2.27. The van der Waals surface area contributed by atoms with Gasteiger partial charge in [0.05, 0.1) is 30.3 Å². The van der Waals surface area contributed by atoms with Gasteiger partial charge in [-0.2, -0.15) is 0 Å². The van der Waals surface area contributed by atoms with Crippen molar-refractivity contribution in [2.24, 2.45) is 0 Å². The second kappa shape index (κ2) is 16.9. The standard InChI is InChI=1S/C48H37ClN2O4/c49-42-28-29-45(43(30-42)47(54)50-44(31-46(52)53)40-24-20-38(21-25-40)35-12-6-2-7-13-35)51(32-33-16-18-37(19-17-33)34-10-4-1-5-11-34)48(55)41-26-22-39(23-27-41)36-14-8-3-9-15-36/h1-30,44H,31-32H2,(H,50,54)(H,52,53). The highest BCUT2D eigenvalue weighted by Gasteiger charge is 2.27. The van der Waals surface area contributed by atoms with E-state index in [2.05, 4.69) is 5.32 Å². The Morgan fingerprint density at radius 3 is 1.51 bits per heavy atom. The Morgan fingerprint density at radius 2 is 1.02 bits per heavy atom. The van der Waals surface area contributed by atoms with Gasteiger partial charge in [-0.3, -0.25) is 14.4 Å². The monoisotopic (exact) mass is 740 g/mol. The van der Waals surface area contributed by atoms with Crippen molar-refractivity contribution in [3.8, 4) is 33.4 Å².